The molecular formula is C79H133N5O58. The van der Waals surface area contributed by atoms with E-state index in [-0.39, 0.29) is 0 Å². The Morgan fingerprint density at radius 3 is 1.17 bits per heavy atom. The fourth-order valence-electron chi connectivity index (χ4n) is 17.9. The number of aliphatic hydroxyl groups is 31. The highest BCUT2D eigenvalue weighted by atomic mass is 16.8. The zero-order valence-electron chi connectivity index (χ0n) is 76.6. The van der Waals surface area contributed by atoms with Crippen molar-refractivity contribution < 1.29 is 287 Å². The van der Waals surface area contributed by atoms with E-state index in [9.17, 15) is 192 Å². The first-order valence-corrected chi connectivity index (χ1v) is 45.1. The standard InChI is InChI=1S/C79H133N5O58/c1-19-41(102)51(112)56(117)72(125-19)138-65-40(84-24(6)98)71(131-34(16-93)63(65)137-74-58(119)53(114)47(108)36(133-74)18-124-79(78(121)122)7-26(99)37(81-21(3)95)64(142-79)43(104)27(100)9-86)140-67-54(115)45(106)30(12-89)127-76(67)123-17-35-48(109)66(59(120)75(132-35)136-62-33(15-92)129-69(38(49(62)110)82-22(4)96)134-60(28(101)10-87)42(103)25(8-85)80-20(2)94)139-77-68(55(116)46(107)31(13-90)128-77)141-70-39(83-23(5)97)50(111)61(32(14-91)130-70)135-73-57(118)52(113)44(105)29(11-88)126-73/h19,25-77,85-93,99-120H,7-18H2,1-6H3,(H,80,94)(H,81,95)(H,82,96)(H,83,97)(H,84,98)(H,121,122)/t19-,25-,26-,27+,28+,29+,30+,31+,32+,33+,34+,35+,36+,37+,38+,39+,40+,41+,42+,43+,44-,45+,46+,47-,48+,49+,50+,51+,52-,53-,54-,55-,56-,57+,58+,59-,60+,61+,62+,63+,64+,65+,66-,67-,68-,69-,70-,71-,72-,73-,74-,75-,76-,77+,79+/m0/s1. The number of aliphatic carboxylic acids is 1. The summed E-state index contributed by atoms with van der Waals surface area (Å²) in [4.78, 5) is 77.7. The van der Waals surface area contributed by atoms with Crippen molar-refractivity contribution in [3.8, 4) is 0 Å². The highest BCUT2D eigenvalue weighted by Gasteiger charge is 2.64. The van der Waals surface area contributed by atoms with Crippen LogP contribution in [0.15, 0.2) is 0 Å². The van der Waals surface area contributed by atoms with Crippen molar-refractivity contribution in [1.82, 2.24) is 26.6 Å². The van der Waals surface area contributed by atoms with Crippen molar-refractivity contribution in [2.75, 3.05) is 72.7 Å². The fraction of sp³-hybridized carbons (Fsp3) is 0.924. The molecular weight excluding hydrogens is 1950 g/mol. The van der Waals surface area contributed by atoms with Gasteiger partial charge in [0.25, 0.3) is 5.79 Å². The van der Waals surface area contributed by atoms with E-state index < -0.39 is 451 Å². The number of carbonyl (C=O) groups excluding carboxylic acids is 5. The number of carboxylic acids is 1. The van der Waals surface area contributed by atoms with Crippen LogP contribution in [-0.4, -0.2) is 608 Å². The summed E-state index contributed by atoms with van der Waals surface area (Å²) in [7, 11) is 0. The Labute approximate surface area is 804 Å². The van der Waals surface area contributed by atoms with Gasteiger partial charge < -0.3 is 285 Å². The molecule has 0 unspecified atom stereocenters. The monoisotopic (exact) mass is 2080 g/mol. The lowest BCUT2D eigenvalue weighted by Gasteiger charge is -2.52. The summed E-state index contributed by atoms with van der Waals surface area (Å²) in [6.45, 7) is -7.92. The third-order valence-electron chi connectivity index (χ3n) is 25.6. The topological polar surface area (TPSA) is 995 Å². The number of amides is 5. The predicted octanol–water partition coefficient (Wildman–Crippen LogP) is -24.4. The lowest BCUT2D eigenvalue weighted by atomic mass is 9.88. The zero-order valence-corrected chi connectivity index (χ0v) is 76.6. The number of aliphatic hydroxyl groups excluding tert-OH is 31. The van der Waals surface area contributed by atoms with Gasteiger partial charge in [0.05, 0.1) is 97.0 Å². The first kappa shape index (κ1) is 119. The number of nitrogens with one attached hydrogen (secondary N) is 5. The molecule has 5 amide bonds. The van der Waals surface area contributed by atoms with Crippen LogP contribution < -0.4 is 26.6 Å². The second kappa shape index (κ2) is 52.0. The third-order valence-corrected chi connectivity index (χ3v) is 25.6. The largest absolute Gasteiger partial charge is 0.477 e. The van der Waals surface area contributed by atoms with Crippen LogP contribution in [0.4, 0.5) is 0 Å². The smallest absolute Gasteiger partial charge is 0.364 e. The molecule has 55 atom stereocenters. The fourth-order valence-corrected chi connectivity index (χ4v) is 17.9. The second-order valence-electron chi connectivity index (χ2n) is 35.7. The van der Waals surface area contributed by atoms with Crippen LogP contribution >= 0.6 is 0 Å². The van der Waals surface area contributed by atoms with Crippen LogP contribution in [0.3, 0.4) is 0 Å². The predicted molar refractivity (Wildman–Crippen MR) is 438 cm³/mol. The van der Waals surface area contributed by atoms with Gasteiger partial charge in [0, 0.05) is 41.0 Å². The van der Waals surface area contributed by atoms with Gasteiger partial charge in [0.2, 0.25) is 29.5 Å². The average molecular weight is 2080 g/mol. The van der Waals surface area contributed by atoms with Gasteiger partial charge in [-0.3, -0.25) is 24.0 Å². The molecule has 0 saturated carbocycles. The number of carbonyl (C=O) groups is 6. The SMILES string of the molecule is CC(=O)N[C@H]1[C@H](O[C@@H]([C@H](O)[C@H](CO)NC(C)=O)[C@H](O)CO)O[C@H](CO)[C@@H](O[C@@H]2O[C@H](CO[C@H]3O[C@H](CO)[C@@H](O)[C@H](O)[C@@H]3O[C@@H]3O[C@H](CO)[C@@H](O[C@@H]4O[C@H](CO[C@]5(C(=O)O)C[C@H](O)[C@@H](NC(C)=O)[C@H]([C@H](O)[C@H](O)CO)O5)[C@H](O)[C@H](O)[C@H]4O)[C@H](O[C@@H]4O[C@@H](C)[C@@H](O)[C@@H](O)[C@@H]4O)[C@H]3NC(C)=O)[C@@H](O)[C@H](O[C@H]3O[C@H](CO)[C@@H](O)[C@H](O)[C@@H]3O[C@@H]3O[C@H](CO)[C@@H](O[C@@H]4O[C@H](CO)[C@H](O)[C@H](O)[C@H]4O)[C@H](O)[C@H]3NC(C)=O)[C@@H]2O)[C@@H]1O. The summed E-state index contributed by atoms with van der Waals surface area (Å²) in [6.07, 6.45) is -111. The maximum atomic E-state index is 13.8. The van der Waals surface area contributed by atoms with Gasteiger partial charge in [0.1, 0.15) is 250 Å². The molecule has 0 aromatic rings. The number of carboxylic acid groups (broad SMARTS) is 1. The highest BCUT2D eigenvalue weighted by molar-refractivity contribution is 5.77. The molecule has 10 fully saturated rings. The Morgan fingerprint density at radius 2 is 0.697 bits per heavy atom. The Bertz CT molecular complexity index is 3950. The van der Waals surface area contributed by atoms with Crippen molar-refractivity contribution in [3.05, 3.63) is 0 Å². The van der Waals surface area contributed by atoms with Gasteiger partial charge in [-0.25, -0.2) is 4.79 Å². The van der Waals surface area contributed by atoms with E-state index in [1.165, 1.54) is 6.92 Å². The minimum Gasteiger partial charge on any atom is -0.477 e. The molecule has 0 aromatic carbocycles. The van der Waals surface area contributed by atoms with Crippen LogP contribution in [0.25, 0.3) is 0 Å². The van der Waals surface area contributed by atoms with Crippen LogP contribution in [0.2, 0.25) is 0 Å². The first-order chi connectivity index (χ1) is 66.9. The lowest BCUT2D eigenvalue weighted by molar-refractivity contribution is -0.400. The Kier molecular flexibility index (Phi) is 43.5. The summed E-state index contributed by atoms with van der Waals surface area (Å²) >= 11 is 0. The van der Waals surface area contributed by atoms with Crippen molar-refractivity contribution in [2.24, 2.45) is 0 Å². The Morgan fingerprint density at radius 1 is 0.331 bits per heavy atom. The third kappa shape index (κ3) is 26.8. The summed E-state index contributed by atoms with van der Waals surface area (Å²) in [5.74, 6) is -10.2. The normalized spacial score (nSPS) is 45.7. The van der Waals surface area contributed by atoms with Gasteiger partial charge in [0.15, 0.2) is 56.6 Å². The highest BCUT2D eigenvalue weighted by Crippen LogP contribution is 2.43. The van der Waals surface area contributed by atoms with Crippen LogP contribution in [0, 0.1) is 0 Å². The molecule has 0 spiro atoms. The molecule has 37 N–H and O–H groups in total. The first-order valence-electron chi connectivity index (χ1n) is 45.1. The van der Waals surface area contributed by atoms with Gasteiger partial charge in [-0.1, -0.05) is 0 Å². The number of rotatable bonds is 42. The summed E-state index contributed by atoms with van der Waals surface area (Å²) in [6, 6.07) is -9.74. The summed E-state index contributed by atoms with van der Waals surface area (Å²) < 4.78 is 120. The van der Waals surface area contributed by atoms with E-state index in [1.807, 2.05) is 0 Å². The van der Waals surface area contributed by atoms with E-state index in [2.05, 4.69) is 26.6 Å². The van der Waals surface area contributed by atoms with Crippen LogP contribution in [0.5, 0.6) is 0 Å². The van der Waals surface area contributed by atoms with E-state index >= 15 is 0 Å². The van der Waals surface area contributed by atoms with Gasteiger partial charge in [-0.15, -0.1) is 0 Å². The molecule has 63 nitrogen and oxygen atoms in total. The summed E-state index contributed by atoms with van der Waals surface area (Å²) in [5.41, 5.74) is 0. The van der Waals surface area contributed by atoms with Gasteiger partial charge in [-0.05, 0) is 6.92 Å². The van der Waals surface area contributed by atoms with Crippen LogP contribution in [0.1, 0.15) is 48.0 Å². The Balaban J connectivity index is 1.01. The lowest BCUT2D eigenvalue weighted by Crippen LogP contribution is -2.71. The van der Waals surface area contributed by atoms with Gasteiger partial charge >= 0.3 is 5.97 Å². The molecule has 142 heavy (non-hydrogen) atoms. The molecule has 10 aliphatic heterocycles. The van der Waals surface area contributed by atoms with Crippen molar-refractivity contribution in [3.63, 3.8) is 0 Å². The molecule has 10 saturated heterocycles. The number of ether oxygens (including phenoxy) is 20. The minimum atomic E-state index is -3.17. The van der Waals surface area contributed by atoms with E-state index in [1.54, 1.807) is 0 Å². The molecule has 10 rings (SSSR count). The Hall–Kier alpha value is -5.22. The maximum Gasteiger partial charge on any atom is 0.364 e. The van der Waals surface area contributed by atoms with Crippen molar-refractivity contribution in [1.29, 1.82) is 0 Å². The van der Waals surface area contributed by atoms with E-state index in [0.29, 0.717) is 0 Å². The zero-order chi connectivity index (χ0) is 105. The molecule has 822 valence electrons. The molecule has 0 aliphatic carbocycles. The molecule has 0 radical (unpaired) electrons. The maximum absolute atomic E-state index is 13.8. The molecule has 0 bridgehead atoms. The second-order valence-corrected chi connectivity index (χ2v) is 35.7. The number of hydrogen-bond acceptors (Lipinski definition) is 57. The molecule has 0 aromatic heterocycles. The van der Waals surface area contributed by atoms with Crippen molar-refractivity contribution in [2.45, 2.75) is 385 Å². The molecule has 10 aliphatic rings. The quantitative estimate of drug-likeness (QED) is 0.0270. The van der Waals surface area contributed by atoms with E-state index in [4.69, 9.17) is 94.7 Å². The molecule has 63 heteroatoms. The summed E-state index contributed by atoms with van der Waals surface area (Å²) in [5, 5.41) is 371. The number of hydrogen-bond donors (Lipinski definition) is 37. The van der Waals surface area contributed by atoms with Crippen molar-refractivity contribution >= 4 is 35.5 Å². The van der Waals surface area contributed by atoms with Crippen LogP contribution in [-0.2, 0) is 124 Å². The minimum absolute atomic E-state index is 0.840. The molecule has 10 heterocycles. The average Bonchev–Trinajstić information content (AvgIpc) is 0.727. The van der Waals surface area contributed by atoms with E-state index in [0.717, 1.165) is 34.6 Å². The van der Waals surface area contributed by atoms with Gasteiger partial charge in [-0.2, -0.15) is 0 Å².